The first kappa shape index (κ1) is 41.7. The molecule has 0 saturated heterocycles. The maximum atomic E-state index is 14.0. The molecule has 6 aromatic rings. The number of carbonyl (C=O) groups excluding carboxylic acids is 3. The van der Waals surface area contributed by atoms with Gasteiger partial charge in [-0.05, 0) is 71.1 Å². The zero-order valence-electron chi connectivity index (χ0n) is 35.9. The Morgan fingerprint density at radius 3 is 1.64 bits per heavy atom. The predicted molar refractivity (Wildman–Crippen MR) is 243 cm³/mol. The normalized spacial score (nSPS) is 16.3. The van der Waals surface area contributed by atoms with E-state index in [2.05, 4.69) is 0 Å². The van der Waals surface area contributed by atoms with E-state index >= 15 is 0 Å². The van der Waals surface area contributed by atoms with Crippen molar-refractivity contribution in [2.24, 2.45) is 9.98 Å². The van der Waals surface area contributed by atoms with Crippen LogP contribution in [-0.4, -0.2) is 78.1 Å². The lowest BCUT2D eigenvalue weighted by atomic mass is 10.1. The Bertz CT molecular complexity index is 2800. The largest absolute Gasteiger partial charge is 0.494 e. The SMILES string of the molecule is COc1cc2c(cc1OCc1cc(COc3cc4c(cc3OC)C(=O)N3c5ccccc5CC3C=N4)cc(OCCCC(=O)On3c(O)ccc3O)c1)N=CC1Cc3ccccc3N1C2=O. The van der Waals surface area contributed by atoms with Crippen LogP contribution in [0.25, 0.3) is 0 Å². The zero-order valence-corrected chi connectivity index (χ0v) is 35.9. The summed E-state index contributed by atoms with van der Waals surface area (Å²) in [5, 5.41) is 19.7. The van der Waals surface area contributed by atoms with E-state index in [1.165, 1.54) is 26.4 Å². The summed E-state index contributed by atoms with van der Waals surface area (Å²) in [6.07, 6.45) is 5.10. The second-order valence-corrected chi connectivity index (χ2v) is 16.1. The number of para-hydroxylation sites is 2. The summed E-state index contributed by atoms with van der Waals surface area (Å²) in [6, 6.07) is 29.9. The lowest BCUT2D eigenvalue weighted by Crippen LogP contribution is -2.37. The zero-order chi connectivity index (χ0) is 45.5. The Morgan fingerprint density at radius 2 is 1.14 bits per heavy atom. The van der Waals surface area contributed by atoms with E-state index < -0.39 is 17.7 Å². The molecule has 0 fully saturated rings. The summed E-state index contributed by atoms with van der Waals surface area (Å²) < 4.78 is 31.0. The van der Waals surface area contributed by atoms with E-state index in [9.17, 15) is 24.6 Å². The quantitative estimate of drug-likeness (QED) is 0.104. The minimum absolute atomic E-state index is 0.0507. The molecule has 4 aliphatic rings. The Hall–Kier alpha value is -8.27. The van der Waals surface area contributed by atoms with Crippen LogP contribution in [0.3, 0.4) is 0 Å². The molecule has 0 bridgehead atoms. The molecule has 0 radical (unpaired) electrons. The van der Waals surface area contributed by atoms with Gasteiger partial charge >= 0.3 is 5.97 Å². The highest BCUT2D eigenvalue weighted by Gasteiger charge is 2.38. The van der Waals surface area contributed by atoms with Crippen LogP contribution in [0.15, 0.2) is 113 Å². The number of fused-ring (bicyclic) bond motifs is 8. The van der Waals surface area contributed by atoms with Crippen molar-refractivity contribution in [2.75, 3.05) is 30.6 Å². The summed E-state index contributed by atoms with van der Waals surface area (Å²) in [5.41, 5.74) is 6.99. The molecule has 16 nitrogen and oxygen atoms in total. The first-order valence-corrected chi connectivity index (χ1v) is 21.3. The Balaban J connectivity index is 0.885. The van der Waals surface area contributed by atoms with Gasteiger partial charge in [-0.2, -0.15) is 0 Å². The number of aromatic nitrogens is 1. The van der Waals surface area contributed by atoms with Crippen molar-refractivity contribution < 1.29 is 53.1 Å². The number of hydrogen-bond donors (Lipinski definition) is 2. The van der Waals surface area contributed by atoms with Crippen molar-refractivity contribution in [1.29, 1.82) is 0 Å². The molecule has 1 aromatic heterocycles. The van der Waals surface area contributed by atoms with Crippen LogP contribution >= 0.6 is 0 Å². The molecule has 334 valence electrons. The van der Waals surface area contributed by atoms with E-state index in [0.717, 1.165) is 22.5 Å². The smallest absolute Gasteiger partial charge is 0.333 e. The van der Waals surface area contributed by atoms with Crippen molar-refractivity contribution in [2.45, 2.75) is 51.0 Å². The number of hydrogen-bond acceptors (Lipinski definition) is 13. The highest BCUT2D eigenvalue weighted by molar-refractivity contribution is 6.15. The summed E-state index contributed by atoms with van der Waals surface area (Å²) in [5.74, 6) is 0.0363. The minimum atomic E-state index is -0.687. The number of benzene rings is 5. The fraction of sp³-hybridized carbons (Fsp3) is 0.220. The van der Waals surface area contributed by atoms with Gasteiger partial charge in [-0.3, -0.25) is 29.4 Å². The second-order valence-electron chi connectivity index (χ2n) is 16.1. The van der Waals surface area contributed by atoms with Crippen molar-refractivity contribution in [3.8, 4) is 40.5 Å². The van der Waals surface area contributed by atoms with Gasteiger partial charge in [0, 0.05) is 60.9 Å². The van der Waals surface area contributed by atoms with Gasteiger partial charge in [0.15, 0.2) is 23.0 Å². The highest BCUT2D eigenvalue weighted by atomic mass is 16.7. The van der Waals surface area contributed by atoms with Crippen molar-refractivity contribution in [3.05, 3.63) is 137 Å². The molecule has 16 heteroatoms. The molecule has 0 aliphatic carbocycles. The average molecular weight is 890 g/mol. The van der Waals surface area contributed by atoms with Crippen molar-refractivity contribution in [3.63, 3.8) is 0 Å². The summed E-state index contributed by atoms with van der Waals surface area (Å²) in [6.45, 7) is 0.216. The van der Waals surface area contributed by atoms with E-state index in [1.807, 2.05) is 54.6 Å². The highest BCUT2D eigenvalue weighted by Crippen LogP contribution is 2.43. The third-order valence-corrected chi connectivity index (χ3v) is 11.9. The number of carbonyl (C=O) groups is 3. The Kier molecular flexibility index (Phi) is 11.0. The molecule has 10 rings (SSSR count). The Morgan fingerprint density at radius 1 is 0.636 bits per heavy atom. The van der Waals surface area contributed by atoms with Gasteiger partial charge in [-0.15, -0.1) is 4.73 Å². The van der Waals surface area contributed by atoms with E-state index in [1.54, 1.807) is 58.6 Å². The lowest BCUT2D eigenvalue weighted by Gasteiger charge is -2.22. The van der Waals surface area contributed by atoms with E-state index in [-0.39, 0.29) is 56.6 Å². The third-order valence-electron chi connectivity index (χ3n) is 11.9. The number of aromatic hydroxyl groups is 2. The van der Waals surface area contributed by atoms with Gasteiger partial charge in [0.2, 0.25) is 11.8 Å². The van der Waals surface area contributed by atoms with Crippen molar-refractivity contribution in [1.82, 2.24) is 4.73 Å². The van der Waals surface area contributed by atoms with Crippen LogP contribution in [0, 0.1) is 0 Å². The van der Waals surface area contributed by atoms with Crippen LogP contribution in [0.1, 0.15) is 55.8 Å². The van der Waals surface area contributed by atoms with Gasteiger partial charge in [0.05, 0.1) is 61.8 Å². The molecule has 4 aliphatic heterocycles. The fourth-order valence-corrected chi connectivity index (χ4v) is 8.73. The summed E-state index contributed by atoms with van der Waals surface area (Å²) in [7, 11) is 3.02. The molecular weight excluding hydrogens is 847 g/mol. The topological polar surface area (TPSA) is 183 Å². The van der Waals surface area contributed by atoms with Crippen LogP contribution in [0.4, 0.5) is 22.7 Å². The first-order valence-electron chi connectivity index (χ1n) is 21.3. The second kappa shape index (κ2) is 17.4. The molecule has 2 unspecified atom stereocenters. The summed E-state index contributed by atoms with van der Waals surface area (Å²) >= 11 is 0. The Labute approximate surface area is 378 Å². The van der Waals surface area contributed by atoms with Gasteiger partial charge in [0.1, 0.15) is 19.0 Å². The number of ether oxygens (including phenoxy) is 5. The monoisotopic (exact) mass is 889 g/mol. The molecule has 2 atom stereocenters. The third kappa shape index (κ3) is 7.86. The number of anilines is 2. The molecular formula is C50H43N5O11. The number of amides is 2. The predicted octanol–water partition coefficient (Wildman–Crippen LogP) is 7.46. The van der Waals surface area contributed by atoms with Crippen LogP contribution in [0.5, 0.6) is 40.5 Å². The number of nitrogens with zero attached hydrogens (tertiary/aromatic N) is 5. The number of aliphatic imine (C=N–C) groups is 2. The standard InChI is InChI=1S/C50H43N5O11/c1-61-42-21-36-38(51-25-33-19-31-8-3-5-10-40(31)53(33)49(36)59)23-44(42)64-27-29-16-30(18-35(17-29)63-15-7-12-48(58)66-55-46(56)13-14-47(55)57)28-65-45-24-39-37(22-43(45)62-2)50(60)54-34(26-52-39)20-32-9-4-6-11-41(32)54/h3-6,8-11,13-14,16-18,21-26,33-34,56-57H,7,12,15,19-20,27-28H2,1-2H3. The average Bonchev–Trinajstić information content (AvgIpc) is 3.95. The van der Waals surface area contributed by atoms with Crippen LogP contribution in [0.2, 0.25) is 0 Å². The molecule has 66 heavy (non-hydrogen) atoms. The maximum absolute atomic E-state index is 14.0. The number of rotatable bonds is 14. The fourth-order valence-electron chi connectivity index (χ4n) is 8.73. The molecule has 0 spiro atoms. The van der Waals surface area contributed by atoms with Crippen LogP contribution < -0.4 is 38.3 Å². The van der Waals surface area contributed by atoms with E-state index in [0.29, 0.717) is 79.9 Å². The molecule has 5 heterocycles. The molecule has 5 aromatic carbocycles. The number of methoxy groups -OCH3 is 2. The molecule has 2 N–H and O–H groups in total. The summed E-state index contributed by atoms with van der Waals surface area (Å²) in [4.78, 5) is 58.6. The van der Waals surface area contributed by atoms with Gasteiger partial charge in [-0.25, -0.2) is 4.79 Å². The van der Waals surface area contributed by atoms with Crippen molar-refractivity contribution >= 4 is 53.0 Å². The first-order chi connectivity index (χ1) is 32.1. The minimum Gasteiger partial charge on any atom is -0.494 e. The molecule has 0 saturated carbocycles. The van der Waals surface area contributed by atoms with E-state index in [4.69, 9.17) is 38.5 Å². The van der Waals surface area contributed by atoms with Gasteiger partial charge in [-0.1, -0.05) is 36.4 Å². The molecule has 2 amide bonds. The maximum Gasteiger partial charge on any atom is 0.333 e. The van der Waals surface area contributed by atoms with Crippen LogP contribution in [-0.2, 0) is 30.8 Å². The lowest BCUT2D eigenvalue weighted by molar-refractivity contribution is -0.145. The van der Waals surface area contributed by atoms with Gasteiger partial charge in [0.25, 0.3) is 11.8 Å². The van der Waals surface area contributed by atoms with Gasteiger partial charge < -0.3 is 38.7 Å².